The lowest BCUT2D eigenvalue weighted by Gasteiger charge is -2.22. The highest BCUT2D eigenvalue weighted by atomic mass is 15.2. The van der Waals surface area contributed by atoms with Crippen molar-refractivity contribution in [2.45, 2.75) is 94.9 Å². The Bertz CT molecular complexity index is 289. The molecule has 0 aliphatic carbocycles. The Morgan fingerprint density at radius 1 is 0.833 bits per heavy atom. The van der Waals surface area contributed by atoms with Crippen LogP contribution in [0.25, 0.3) is 0 Å². The van der Waals surface area contributed by atoms with Crippen molar-refractivity contribution in [1.29, 1.82) is 0 Å². The zero-order valence-electron chi connectivity index (χ0n) is 18.9. The summed E-state index contributed by atoms with van der Waals surface area (Å²) in [5, 5.41) is 0. The average Bonchev–Trinajstić information content (AvgIpc) is 2.55. The largest absolute Gasteiger partial charge is 0.361 e. The highest BCUT2D eigenvalue weighted by Gasteiger charge is 2.01. The number of allylic oxidation sites excluding steroid dienone is 3. The second-order valence-corrected chi connectivity index (χ2v) is 6.06. The number of aliphatic imine (C=N–C) groups is 1. The van der Waals surface area contributed by atoms with Gasteiger partial charge in [0.05, 0.1) is 5.84 Å². The second kappa shape index (κ2) is 26.8. The number of hydrogen-bond donors (Lipinski definition) is 0. The van der Waals surface area contributed by atoms with Crippen LogP contribution in [-0.4, -0.2) is 30.9 Å². The molecule has 0 unspecified atom stereocenters. The van der Waals surface area contributed by atoms with Crippen molar-refractivity contribution in [1.82, 2.24) is 4.90 Å². The summed E-state index contributed by atoms with van der Waals surface area (Å²) in [5.74, 6) is 1.16. The van der Waals surface area contributed by atoms with Crippen molar-refractivity contribution >= 4 is 5.84 Å². The predicted octanol–water partition coefficient (Wildman–Crippen LogP) is 7.52. The van der Waals surface area contributed by atoms with E-state index in [0.29, 0.717) is 0 Å². The van der Waals surface area contributed by atoms with Gasteiger partial charge in [0.15, 0.2) is 0 Å². The van der Waals surface area contributed by atoms with Crippen LogP contribution in [0.2, 0.25) is 0 Å². The Kier molecular flexibility index (Phi) is 34.4. The van der Waals surface area contributed by atoms with Gasteiger partial charge < -0.3 is 4.90 Å². The van der Waals surface area contributed by atoms with E-state index < -0.39 is 0 Å². The van der Waals surface area contributed by atoms with Crippen molar-refractivity contribution in [3.05, 3.63) is 23.8 Å². The zero-order chi connectivity index (χ0) is 20.0. The number of rotatable bonds is 5. The maximum atomic E-state index is 4.17. The van der Waals surface area contributed by atoms with Crippen molar-refractivity contribution < 1.29 is 0 Å². The SMILES string of the molecule is C=CC(C)=C(C)C.CCC.CCC.CCCN(CCC)C(C)=NC. The van der Waals surface area contributed by atoms with E-state index in [1.165, 1.54) is 36.8 Å². The molecule has 2 nitrogen and oxygen atoms in total. The van der Waals surface area contributed by atoms with Crippen LogP contribution in [-0.2, 0) is 0 Å². The second-order valence-electron chi connectivity index (χ2n) is 6.06. The topological polar surface area (TPSA) is 15.6 Å². The minimum atomic E-state index is 1.14. The summed E-state index contributed by atoms with van der Waals surface area (Å²) in [7, 11) is 1.85. The molecule has 0 fully saturated rings. The molecule has 0 aromatic heterocycles. The van der Waals surface area contributed by atoms with E-state index in [-0.39, 0.29) is 0 Å². The summed E-state index contributed by atoms with van der Waals surface area (Å²) < 4.78 is 0. The normalized spacial score (nSPS) is 9.21. The zero-order valence-corrected chi connectivity index (χ0v) is 18.9. The summed E-state index contributed by atoms with van der Waals surface area (Å²) >= 11 is 0. The highest BCUT2D eigenvalue weighted by molar-refractivity contribution is 5.79. The molecule has 0 amide bonds. The smallest absolute Gasteiger partial charge is 0.0954 e. The summed E-state index contributed by atoms with van der Waals surface area (Å²) in [4.78, 5) is 6.50. The summed E-state index contributed by atoms with van der Waals surface area (Å²) in [6.07, 6.45) is 6.77. The fraction of sp³-hybridized carbons (Fsp3) is 0.773. The van der Waals surface area contributed by atoms with Gasteiger partial charge in [-0.15, -0.1) is 0 Å². The molecule has 0 heterocycles. The molecule has 0 rings (SSSR count). The van der Waals surface area contributed by atoms with Crippen molar-refractivity contribution in [3.63, 3.8) is 0 Å². The first kappa shape index (κ1) is 30.8. The molecular formula is C22H48N2. The fourth-order valence-electron chi connectivity index (χ4n) is 1.32. The predicted molar refractivity (Wildman–Crippen MR) is 117 cm³/mol. The summed E-state index contributed by atoms with van der Waals surface area (Å²) in [6, 6.07) is 0. The van der Waals surface area contributed by atoms with Gasteiger partial charge in [0.2, 0.25) is 0 Å². The van der Waals surface area contributed by atoms with Gasteiger partial charge in [-0.2, -0.15) is 0 Å². The molecule has 0 atom stereocenters. The molecule has 2 heteroatoms. The van der Waals surface area contributed by atoms with Gasteiger partial charge in [0.1, 0.15) is 0 Å². The van der Waals surface area contributed by atoms with E-state index in [2.05, 4.69) is 85.7 Å². The molecule has 0 bridgehead atoms. The van der Waals surface area contributed by atoms with Gasteiger partial charge >= 0.3 is 0 Å². The molecule has 0 spiro atoms. The highest BCUT2D eigenvalue weighted by Crippen LogP contribution is 2.00. The van der Waals surface area contributed by atoms with Crippen LogP contribution in [0.3, 0.4) is 0 Å². The molecule has 146 valence electrons. The van der Waals surface area contributed by atoms with Gasteiger partial charge in [-0.1, -0.05) is 78.2 Å². The minimum absolute atomic E-state index is 1.14. The van der Waals surface area contributed by atoms with Crippen LogP contribution in [0.1, 0.15) is 94.9 Å². The van der Waals surface area contributed by atoms with Crippen LogP contribution in [0.5, 0.6) is 0 Å². The monoisotopic (exact) mass is 340 g/mol. The van der Waals surface area contributed by atoms with Gasteiger partial charge in [0.25, 0.3) is 0 Å². The first-order chi connectivity index (χ1) is 11.3. The van der Waals surface area contributed by atoms with E-state index in [9.17, 15) is 0 Å². The van der Waals surface area contributed by atoms with Gasteiger partial charge in [0, 0.05) is 20.1 Å². The number of amidine groups is 1. The molecule has 0 aliphatic rings. The van der Waals surface area contributed by atoms with E-state index in [1.807, 2.05) is 13.1 Å². The molecule has 0 aromatic rings. The molecule has 0 saturated heterocycles. The quantitative estimate of drug-likeness (QED) is 0.287. The first-order valence-electron chi connectivity index (χ1n) is 9.72. The first-order valence-corrected chi connectivity index (χ1v) is 9.72. The maximum absolute atomic E-state index is 4.17. The lowest BCUT2D eigenvalue weighted by molar-refractivity contribution is 0.414. The number of hydrogen-bond acceptors (Lipinski definition) is 1. The van der Waals surface area contributed by atoms with Crippen LogP contribution >= 0.6 is 0 Å². The van der Waals surface area contributed by atoms with Crippen LogP contribution in [0, 0.1) is 0 Å². The Morgan fingerprint density at radius 3 is 1.29 bits per heavy atom. The Balaban J connectivity index is -0.000000131. The van der Waals surface area contributed by atoms with E-state index in [1.54, 1.807) is 0 Å². The van der Waals surface area contributed by atoms with Crippen molar-refractivity contribution in [2.75, 3.05) is 20.1 Å². The van der Waals surface area contributed by atoms with Crippen LogP contribution in [0.4, 0.5) is 0 Å². The molecule has 0 aliphatic heterocycles. The van der Waals surface area contributed by atoms with Gasteiger partial charge in [-0.05, 0) is 40.5 Å². The molecule has 24 heavy (non-hydrogen) atoms. The van der Waals surface area contributed by atoms with Gasteiger partial charge in [-0.3, -0.25) is 4.99 Å². The lowest BCUT2D eigenvalue weighted by Crippen LogP contribution is -2.30. The molecule has 0 N–H and O–H groups in total. The maximum Gasteiger partial charge on any atom is 0.0954 e. The molecule has 0 aromatic carbocycles. The van der Waals surface area contributed by atoms with Crippen molar-refractivity contribution in [3.8, 4) is 0 Å². The number of nitrogens with zero attached hydrogens (tertiary/aromatic N) is 2. The summed E-state index contributed by atoms with van der Waals surface area (Å²) in [5.41, 5.74) is 2.62. The third-order valence-corrected chi connectivity index (χ3v) is 2.86. The summed E-state index contributed by atoms with van der Waals surface area (Å²) in [6.45, 7) is 27.1. The van der Waals surface area contributed by atoms with Gasteiger partial charge in [-0.25, -0.2) is 0 Å². The Labute approximate surface area is 155 Å². The fourth-order valence-corrected chi connectivity index (χ4v) is 1.32. The Hall–Kier alpha value is -1.05. The standard InChI is InChI=1S/C9H20N2.C7H12.2C3H8/c1-5-7-11(8-6-2)9(3)10-4;1-5-7(4)6(2)3;2*1-3-2/h5-8H2,1-4H3;5H,1H2,2-4H3;2*3H2,1-2H3. The lowest BCUT2D eigenvalue weighted by atomic mass is 10.2. The van der Waals surface area contributed by atoms with E-state index in [0.717, 1.165) is 18.9 Å². The van der Waals surface area contributed by atoms with Crippen LogP contribution in [0.15, 0.2) is 28.8 Å². The Morgan fingerprint density at radius 2 is 1.17 bits per heavy atom. The van der Waals surface area contributed by atoms with Crippen LogP contribution < -0.4 is 0 Å². The van der Waals surface area contributed by atoms with E-state index >= 15 is 0 Å². The average molecular weight is 341 g/mol. The van der Waals surface area contributed by atoms with Crippen molar-refractivity contribution in [2.24, 2.45) is 4.99 Å². The molecule has 0 radical (unpaired) electrons. The molecular weight excluding hydrogens is 292 g/mol. The molecule has 0 saturated carbocycles. The van der Waals surface area contributed by atoms with E-state index in [4.69, 9.17) is 0 Å². The third-order valence-electron chi connectivity index (χ3n) is 2.86. The third kappa shape index (κ3) is 29.0. The minimum Gasteiger partial charge on any atom is -0.361 e.